The summed E-state index contributed by atoms with van der Waals surface area (Å²) < 4.78 is 11.0. The van der Waals surface area contributed by atoms with Crippen molar-refractivity contribution in [2.75, 3.05) is 0 Å². The summed E-state index contributed by atoms with van der Waals surface area (Å²) in [5.41, 5.74) is -0.463. The summed E-state index contributed by atoms with van der Waals surface area (Å²) >= 11 is 1.76. The van der Waals surface area contributed by atoms with E-state index >= 15 is 0 Å². The van der Waals surface area contributed by atoms with E-state index in [4.69, 9.17) is 9.47 Å². The molecule has 4 rings (SSSR count). The molecule has 0 N–H and O–H groups in total. The first kappa shape index (κ1) is 12.3. The van der Waals surface area contributed by atoms with Crippen molar-refractivity contribution in [3.8, 4) is 0 Å². The van der Waals surface area contributed by atoms with E-state index in [-0.39, 0.29) is 35.3 Å². The number of carbonyl (C=O) groups is 2. The highest BCUT2D eigenvalue weighted by Crippen LogP contribution is 2.56. The third-order valence-electron chi connectivity index (χ3n) is 4.46. The van der Waals surface area contributed by atoms with E-state index in [2.05, 4.69) is 0 Å². The minimum absolute atomic E-state index is 0.0625. The summed E-state index contributed by atoms with van der Waals surface area (Å²) in [5.74, 6) is -0.342. The molecule has 0 aromatic carbocycles. The van der Waals surface area contributed by atoms with Crippen molar-refractivity contribution in [1.82, 2.24) is 0 Å². The van der Waals surface area contributed by atoms with Gasteiger partial charge in [-0.05, 0) is 26.7 Å². The fraction of sp³-hybridized carbons (Fsp3) is 0.846. The summed E-state index contributed by atoms with van der Waals surface area (Å²) in [5, 5.41) is 0.457. The van der Waals surface area contributed by atoms with E-state index in [1.807, 2.05) is 20.8 Å². The van der Waals surface area contributed by atoms with Gasteiger partial charge in [0.25, 0.3) is 0 Å². The Balaban J connectivity index is 1.73. The van der Waals surface area contributed by atoms with Gasteiger partial charge < -0.3 is 9.47 Å². The van der Waals surface area contributed by atoms with E-state index < -0.39 is 5.41 Å². The number of fused-ring (bicyclic) bond motifs is 1. The Morgan fingerprint density at radius 2 is 2.28 bits per heavy atom. The molecule has 0 aromatic heterocycles. The number of esters is 2. The number of thioether (sulfide) groups is 1. The minimum atomic E-state index is -0.463. The van der Waals surface area contributed by atoms with E-state index in [0.717, 1.165) is 12.8 Å². The van der Waals surface area contributed by atoms with Crippen LogP contribution in [0.5, 0.6) is 0 Å². The first-order chi connectivity index (χ1) is 8.44. The molecular weight excluding hydrogens is 252 g/mol. The molecule has 5 heteroatoms. The van der Waals surface area contributed by atoms with Crippen LogP contribution in [0.15, 0.2) is 0 Å². The second-order valence-electron chi connectivity index (χ2n) is 5.99. The predicted octanol–water partition coefficient (Wildman–Crippen LogP) is 1.76. The van der Waals surface area contributed by atoms with Gasteiger partial charge in [-0.15, -0.1) is 11.8 Å². The normalized spacial score (nSPS) is 41.1. The van der Waals surface area contributed by atoms with E-state index in [0.29, 0.717) is 5.25 Å². The number of carbonyl (C=O) groups excluding carboxylic acids is 2. The Hall–Kier alpha value is -0.710. The quantitative estimate of drug-likeness (QED) is 0.731. The Kier molecular flexibility index (Phi) is 2.66. The lowest BCUT2D eigenvalue weighted by atomic mass is 9.82. The van der Waals surface area contributed by atoms with Crippen molar-refractivity contribution in [3.63, 3.8) is 0 Å². The van der Waals surface area contributed by atoms with Crippen molar-refractivity contribution >= 4 is 23.7 Å². The van der Waals surface area contributed by atoms with Crippen LogP contribution in [0.1, 0.15) is 33.6 Å². The lowest BCUT2D eigenvalue weighted by molar-refractivity contribution is -0.191. The summed E-state index contributed by atoms with van der Waals surface area (Å²) in [6, 6.07) is 0. The van der Waals surface area contributed by atoms with Gasteiger partial charge >= 0.3 is 11.9 Å². The second-order valence-corrected chi connectivity index (χ2v) is 7.41. The fourth-order valence-corrected chi connectivity index (χ4v) is 4.67. The fourth-order valence-electron chi connectivity index (χ4n) is 2.81. The highest BCUT2D eigenvalue weighted by molar-refractivity contribution is 8.01. The van der Waals surface area contributed by atoms with Crippen LogP contribution in [0.25, 0.3) is 0 Å². The van der Waals surface area contributed by atoms with Crippen LogP contribution in [-0.4, -0.2) is 34.6 Å². The van der Waals surface area contributed by atoms with Crippen molar-refractivity contribution < 1.29 is 19.1 Å². The summed E-state index contributed by atoms with van der Waals surface area (Å²) in [6.07, 6.45) is 1.20. The lowest BCUT2D eigenvalue weighted by Gasteiger charge is -2.39. The smallest absolute Gasteiger partial charge is 0.311 e. The van der Waals surface area contributed by atoms with Crippen molar-refractivity contribution in [2.45, 2.75) is 56.3 Å². The third-order valence-corrected chi connectivity index (χ3v) is 6.18. The number of hydrogen-bond donors (Lipinski definition) is 0. The zero-order valence-corrected chi connectivity index (χ0v) is 11.7. The molecule has 4 aliphatic rings. The zero-order valence-electron chi connectivity index (χ0n) is 10.8. The van der Waals surface area contributed by atoms with Crippen LogP contribution in [0, 0.1) is 11.3 Å². The maximum absolute atomic E-state index is 12.1. The summed E-state index contributed by atoms with van der Waals surface area (Å²) in [6.45, 7) is 5.75. The maximum Gasteiger partial charge on any atom is 0.311 e. The Bertz CT molecular complexity index is 404. The molecule has 4 heterocycles. The van der Waals surface area contributed by atoms with Crippen LogP contribution in [0.4, 0.5) is 0 Å². The Morgan fingerprint density at radius 3 is 2.89 bits per heavy atom. The van der Waals surface area contributed by atoms with Crippen LogP contribution in [-0.2, 0) is 19.1 Å². The largest absolute Gasteiger partial charge is 0.457 e. The van der Waals surface area contributed by atoms with E-state index in [1.54, 1.807) is 11.8 Å². The summed E-state index contributed by atoms with van der Waals surface area (Å²) in [4.78, 5) is 23.7. The van der Waals surface area contributed by atoms with Crippen molar-refractivity contribution in [2.24, 2.45) is 11.3 Å². The van der Waals surface area contributed by atoms with Gasteiger partial charge in [0, 0.05) is 5.25 Å². The standard InChI is InChI=1S/C13H18O4S/c1-4-13(2,3)12(15)17-9-8-7-5-6(10(9)18-7)11(14)16-8/h6-10H,4-5H2,1-3H3. The molecule has 0 aromatic rings. The predicted molar refractivity (Wildman–Crippen MR) is 67.1 cm³/mol. The van der Waals surface area contributed by atoms with Crippen LogP contribution in [0.3, 0.4) is 0 Å². The molecule has 4 nitrogen and oxygen atoms in total. The van der Waals surface area contributed by atoms with Gasteiger partial charge in [0.1, 0.15) is 0 Å². The minimum Gasteiger partial charge on any atom is -0.457 e. The molecule has 0 amide bonds. The van der Waals surface area contributed by atoms with Gasteiger partial charge in [-0.25, -0.2) is 0 Å². The molecule has 0 radical (unpaired) electrons. The molecular formula is C13H18O4S. The molecule has 5 atom stereocenters. The third kappa shape index (κ3) is 1.59. The average molecular weight is 270 g/mol. The van der Waals surface area contributed by atoms with E-state index in [9.17, 15) is 9.59 Å². The maximum atomic E-state index is 12.1. The molecule has 100 valence electrons. The zero-order chi connectivity index (χ0) is 13.1. The van der Waals surface area contributed by atoms with Crippen LogP contribution in [0.2, 0.25) is 0 Å². The SMILES string of the molecule is CCC(C)(C)C(=O)OC1C2OC(=O)C3CC2SC31. The lowest BCUT2D eigenvalue weighted by Crippen LogP contribution is -2.55. The topological polar surface area (TPSA) is 52.6 Å². The highest BCUT2D eigenvalue weighted by atomic mass is 32.2. The molecule has 4 fully saturated rings. The Labute approximate surface area is 111 Å². The molecule has 4 bridgehead atoms. The first-order valence-electron chi connectivity index (χ1n) is 6.51. The monoisotopic (exact) mass is 270 g/mol. The van der Waals surface area contributed by atoms with Crippen LogP contribution >= 0.6 is 11.8 Å². The van der Waals surface area contributed by atoms with Gasteiger partial charge in [0.2, 0.25) is 0 Å². The number of rotatable bonds is 3. The Morgan fingerprint density at radius 1 is 1.56 bits per heavy atom. The molecule has 0 spiro atoms. The number of ether oxygens (including phenoxy) is 2. The highest BCUT2D eigenvalue weighted by Gasteiger charge is 2.64. The van der Waals surface area contributed by atoms with Gasteiger partial charge in [-0.2, -0.15) is 0 Å². The van der Waals surface area contributed by atoms with Crippen molar-refractivity contribution in [3.05, 3.63) is 0 Å². The molecule has 0 saturated carbocycles. The van der Waals surface area contributed by atoms with Gasteiger partial charge in [-0.1, -0.05) is 6.92 Å². The first-order valence-corrected chi connectivity index (χ1v) is 7.45. The van der Waals surface area contributed by atoms with Crippen molar-refractivity contribution in [1.29, 1.82) is 0 Å². The molecule has 5 unspecified atom stereocenters. The average Bonchev–Trinajstić information content (AvgIpc) is 2.85. The molecule has 4 aliphatic heterocycles. The second kappa shape index (κ2) is 3.89. The van der Waals surface area contributed by atoms with E-state index in [1.165, 1.54) is 0 Å². The van der Waals surface area contributed by atoms with Crippen LogP contribution < -0.4 is 0 Å². The molecule has 18 heavy (non-hydrogen) atoms. The molecule has 4 saturated heterocycles. The molecule has 0 aliphatic carbocycles. The van der Waals surface area contributed by atoms with Gasteiger partial charge in [-0.3, -0.25) is 9.59 Å². The van der Waals surface area contributed by atoms with Gasteiger partial charge in [0.05, 0.1) is 16.6 Å². The van der Waals surface area contributed by atoms with Gasteiger partial charge in [0.15, 0.2) is 12.2 Å². The number of hydrogen-bond acceptors (Lipinski definition) is 5. The summed E-state index contributed by atoms with van der Waals surface area (Å²) in [7, 11) is 0.